The van der Waals surface area contributed by atoms with E-state index in [4.69, 9.17) is 15.6 Å². The zero-order chi connectivity index (χ0) is 9.68. The first-order chi connectivity index (χ1) is 6.24. The van der Waals surface area contributed by atoms with Gasteiger partial charge in [-0.3, -0.25) is 0 Å². The van der Waals surface area contributed by atoms with Gasteiger partial charge in [-0.2, -0.15) is 0 Å². The monoisotopic (exact) mass is 179 g/mol. The minimum Gasteiger partial charge on any atom is -0.508 e. The Bertz CT molecular complexity index is 279. The van der Waals surface area contributed by atoms with E-state index in [-0.39, 0.29) is 5.76 Å². The van der Waals surface area contributed by atoms with Crippen molar-refractivity contribution < 1.29 is 9.84 Å². The van der Waals surface area contributed by atoms with Crippen molar-refractivity contribution in [2.75, 3.05) is 13.2 Å². The molecular weight excluding hydrogens is 166 g/mol. The fourth-order valence-electron chi connectivity index (χ4n) is 0.920. The molecule has 0 saturated heterocycles. The van der Waals surface area contributed by atoms with Gasteiger partial charge in [0.05, 0.1) is 0 Å². The molecule has 3 heteroatoms. The molecule has 0 heterocycles. The largest absolute Gasteiger partial charge is 0.508 e. The van der Waals surface area contributed by atoms with Crippen LogP contribution in [0.15, 0.2) is 30.8 Å². The summed E-state index contributed by atoms with van der Waals surface area (Å²) in [6, 6.07) is 7.03. The van der Waals surface area contributed by atoms with Crippen molar-refractivity contribution in [2.45, 2.75) is 0 Å². The van der Waals surface area contributed by atoms with E-state index < -0.39 is 0 Å². The molecule has 0 atom stereocenters. The molecule has 0 unspecified atom stereocenters. The fraction of sp³-hybridized carbons (Fsp3) is 0.200. The van der Waals surface area contributed by atoms with Crippen molar-refractivity contribution >= 4 is 5.76 Å². The molecule has 0 bridgehead atoms. The van der Waals surface area contributed by atoms with Gasteiger partial charge in [0.2, 0.25) is 0 Å². The third kappa shape index (κ3) is 2.80. The maximum Gasteiger partial charge on any atom is 0.119 e. The number of benzene rings is 1. The predicted molar refractivity (Wildman–Crippen MR) is 52.7 cm³/mol. The lowest BCUT2D eigenvalue weighted by atomic mass is 10.2. The van der Waals surface area contributed by atoms with E-state index in [1.165, 1.54) is 0 Å². The van der Waals surface area contributed by atoms with Gasteiger partial charge >= 0.3 is 0 Å². The molecule has 0 aliphatic carbocycles. The lowest BCUT2D eigenvalue weighted by Gasteiger charge is -2.04. The predicted octanol–water partition coefficient (Wildman–Crippen LogP) is 1.55. The Hall–Kier alpha value is -1.48. The average molecular weight is 179 g/mol. The Kier molecular flexibility index (Phi) is 3.34. The normalized spacial score (nSPS) is 9.62. The maximum atomic E-state index is 9.04. The minimum atomic E-state index is 0.0605. The number of aliphatic hydroxyl groups is 1. The van der Waals surface area contributed by atoms with Crippen molar-refractivity contribution in [1.82, 2.24) is 0 Å². The van der Waals surface area contributed by atoms with Crippen molar-refractivity contribution in [3.05, 3.63) is 36.4 Å². The van der Waals surface area contributed by atoms with Crippen LogP contribution < -0.4 is 10.5 Å². The molecule has 0 aliphatic heterocycles. The highest BCUT2D eigenvalue weighted by Crippen LogP contribution is 2.15. The Morgan fingerprint density at radius 1 is 1.38 bits per heavy atom. The maximum absolute atomic E-state index is 9.04. The van der Waals surface area contributed by atoms with Crippen LogP contribution in [-0.4, -0.2) is 18.3 Å². The molecular formula is C10H13NO2. The molecule has 13 heavy (non-hydrogen) atoms. The van der Waals surface area contributed by atoms with Gasteiger partial charge in [-0.15, -0.1) is 0 Å². The van der Waals surface area contributed by atoms with Gasteiger partial charge in [0.25, 0.3) is 0 Å². The number of rotatable bonds is 4. The van der Waals surface area contributed by atoms with Gasteiger partial charge in [0, 0.05) is 12.1 Å². The minimum absolute atomic E-state index is 0.0605. The van der Waals surface area contributed by atoms with Gasteiger partial charge in [-0.25, -0.2) is 0 Å². The molecule has 1 aromatic carbocycles. The summed E-state index contributed by atoms with van der Waals surface area (Å²) >= 11 is 0. The molecule has 1 aromatic rings. The molecule has 0 spiro atoms. The van der Waals surface area contributed by atoms with Gasteiger partial charge in [-0.05, 0) is 24.3 Å². The van der Waals surface area contributed by atoms with Crippen LogP contribution in [0.3, 0.4) is 0 Å². The van der Waals surface area contributed by atoms with Crippen LogP contribution in [0, 0.1) is 0 Å². The van der Waals surface area contributed by atoms with Gasteiger partial charge in [0.15, 0.2) is 0 Å². The topological polar surface area (TPSA) is 55.5 Å². The van der Waals surface area contributed by atoms with E-state index in [0.717, 1.165) is 5.75 Å². The van der Waals surface area contributed by atoms with Crippen LogP contribution in [-0.2, 0) is 0 Å². The Morgan fingerprint density at radius 2 is 2.00 bits per heavy atom. The highest BCUT2D eigenvalue weighted by Gasteiger charge is 1.96. The highest BCUT2D eigenvalue weighted by molar-refractivity contribution is 5.56. The molecule has 1 rings (SSSR count). The van der Waals surface area contributed by atoms with E-state index in [9.17, 15) is 0 Å². The standard InChI is InChI=1S/C10H13NO2/c1-8(12)9-2-4-10(5-3-9)13-7-6-11/h2-5,12H,1,6-7,11H2. The van der Waals surface area contributed by atoms with Crippen LogP contribution in [0.1, 0.15) is 5.56 Å². The second kappa shape index (κ2) is 4.52. The number of ether oxygens (including phenoxy) is 1. The van der Waals surface area contributed by atoms with Crippen molar-refractivity contribution in [3.63, 3.8) is 0 Å². The first-order valence-electron chi connectivity index (χ1n) is 4.05. The molecule has 0 aromatic heterocycles. The highest BCUT2D eigenvalue weighted by atomic mass is 16.5. The third-order valence-electron chi connectivity index (χ3n) is 1.57. The second-order valence-electron chi connectivity index (χ2n) is 2.61. The van der Waals surface area contributed by atoms with Crippen LogP contribution in [0.5, 0.6) is 5.75 Å². The van der Waals surface area contributed by atoms with E-state index in [0.29, 0.717) is 18.7 Å². The molecule has 0 aliphatic rings. The Morgan fingerprint density at radius 3 is 2.46 bits per heavy atom. The Labute approximate surface area is 77.4 Å². The summed E-state index contributed by atoms with van der Waals surface area (Å²) in [6.45, 7) is 4.41. The van der Waals surface area contributed by atoms with E-state index in [1.807, 2.05) is 0 Å². The quantitative estimate of drug-likeness (QED) is 0.689. The van der Waals surface area contributed by atoms with Crippen molar-refractivity contribution in [1.29, 1.82) is 0 Å². The average Bonchev–Trinajstić information content (AvgIpc) is 2.15. The summed E-state index contributed by atoms with van der Waals surface area (Å²) in [5.74, 6) is 0.806. The molecule has 3 nitrogen and oxygen atoms in total. The summed E-state index contributed by atoms with van der Waals surface area (Å²) in [7, 11) is 0. The summed E-state index contributed by atoms with van der Waals surface area (Å²) in [4.78, 5) is 0. The van der Waals surface area contributed by atoms with E-state index >= 15 is 0 Å². The molecule has 0 saturated carbocycles. The van der Waals surface area contributed by atoms with Gasteiger partial charge in [-0.1, -0.05) is 6.58 Å². The number of nitrogens with two attached hydrogens (primary N) is 1. The number of hydrogen-bond donors (Lipinski definition) is 2. The van der Waals surface area contributed by atoms with Gasteiger partial charge in [0.1, 0.15) is 18.1 Å². The van der Waals surface area contributed by atoms with Crippen LogP contribution in [0.25, 0.3) is 5.76 Å². The van der Waals surface area contributed by atoms with E-state index in [2.05, 4.69) is 6.58 Å². The van der Waals surface area contributed by atoms with Crippen molar-refractivity contribution in [2.24, 2.45) is 5.73 Å². The fourth-order valence-corrected chi connectivity index (χ4v) is 0.920. The molecule has 3 N–H and O–H groups in total. The lowest BCUT2D eigenvalue weighted by Crippen LogP contribution is -2.10. The number of hydrogen-bond acceptors (Lipinski definition) is 3. The zero-order valence-corrected chi connectivity index (χ0v) is 7.36. The number of aliphatic hydroxyl groups excluding tert-OH is 1. The summed E-state index contributed by atoms with van der Waals surface area (Å²) < 4.78 is 5.25. The summed E-state index contributed by atoms with van der Waals surface area (Å²) in [6.07, 6.45) is 0. The van der Waals surface area contributed by atoms with Crippen LogP contribution >= 0.6 is 0 Å². The smallest absolute Gasteiger partial charge is 0.119 e. The molecule has 0 amide bonds. The zero-order valence-electron chi connectivity index (χ0n) is 7.36. The van der Waals surface area contributed by atoms with Crippen LogP contribution in [0.4, 0.5) is 0 Å². The molecule has 0 fully saturated rings. The molecule has 0 radical (unpaired) electrons. The summed E-state index contributed by atoms with van der Waals surface area (Å²) in [5.41, 5.74) is 5.97. The first-order valence-corrected chi connectivity index (χ1v) is 4.05. The van der Waals surface area contributed by atoms with Gasteiger partial charge < -0.3 is 15.6 Å². The van der Waals surface area contributed by atoms with E-state index in [1.54, 1.807) is 24.3 Å². The first kappa shape index (κ1) is 9.61. The Balaban J connectivity index is 2.64. The third-order valence-corrected chi connectivity index (χ3v) is 1.57. The second-order valence-corrected chi connectivity index (χ2v) is 2.61. The van der Waals surface area contributed by atoms with Crippen molar-refractivity contribution in [3.8, 4) is 5.75 Å². The van der Waals surface area contributed by atoms with Crippen LogP contribution in [0.2, 0.25) is 0 Å². The summed E-state index contributed by atoms with van der Waals surface area (Å²) in [5, 5.41) is 9.04. The molecule has 70 valence electrons. The lowest BCUT2D eigenvalue weighted by molar-refractivity contribution is 0.328. The SMILES string of the molecule is C=C(O)c1ccc(OCCN)cc1.